The fourth-order valence-corrected chi connectivity index (χ4v) is 2.48. The van der Waals surface area contributed by atoms with E-state index in [4.69, 9.17) is 17.9 Å². The van der Waals surface area contributed by atoms with Gasteiger partial charge >= 0.3 is 129 Å². The monoisotopic (exact) mass is 652 g/mol. The molecule has 13 N–H and O–H groups in total. The van der Waals surface area contributed by atoms with Gasteiger partial charge in [-0.2, -0.15) is 12.6 Å². The van der Waals surface area contributed by atoms with Gasteiger partial charge in [-0.15, -0.1) is 0 Å². The maximum Gasteiger partial charge on any atom is 1.00 e. The van der Waals surface area contributed by atoms with Gasteiger partial charge in [0.25, 0.3) is 9.05 Å². The molecule has 37 heavy (non-hydrogen) atoms. The van der Waals surface area contributed by atoms with Crippen molar-refractivity contribution in [3.63, 3.8) is 0 Å². The molecule has 0 unspecified atom stereocenters. The largest absolute Gasteiger partial charge is 1.00 e. The molecule has 0 radical (unpaired) electrons. The third kappa shape index (κ3) is 131. The van der Waals surface area contributed by atoms with Gasteiger partial charge in [0.2, 0.25) is 0 Å². The Morgan fingerprint density at radius 3 is 1.19 bits per heavy atom. The maximum absolute atomic E-state index is 10.2. The molecule has 0 heterocycles. The van der Waals surface area contributed by atoms with Crippen LogP contribution in [0.15, 0.2) is 0 Å². The smallest absolute Gasteiger partial charge is 1.00 e. The molecule has 0 bridgehead atoms. The van der Waals surface area contributed by atoms with Gasteiger partial charge in [-0.3, -0.25) is 13.7 Å². The first-order valence-corrected chi connectivity index (χ1v) is 13.8. The summed E-state index contributed by atoms with van der Waals surface area (Å²) in [5.41, 5.74) is 0. The fraction of sp³-hybridized carbons (Fsp3) is 1.00. The van der Waals surface area contributed by atoms with Crippen molar-refractivity contribution < 1.29 is 182 Å². The van der Waals surface area contributed by atoms with Crippen LogP contribution in [-0.4, -0.2) is 60.3 Å². The van der Waals surface area contributed by atoms with Crippen molar-refractivity contribution >= 4 is 30.6 Å². The van der Waals surface area contributed by atoms with E-state index in [0.717, 1.165) is 24.7 Å². The van der Waals surface area contributed by atoms with Gasteiger partial charge < -0.3 is 33.1 Å². The summed E-state index contributed by atoms with van der Waals surface area (Å²) in [6.07, 6.45) is 12.0. The van der Waals surface area contributed by atoms with Crippen molar-refractivity contribution in [2.45, 2.75) is 98.8 Å². The molecule has 0 saturated heterocycles. The van der Waals surface area contributed by atoms with E-state index in [1.807, 2.05) is 0 Å². The van der Waals surface area contributed by atoms with Gasteiger partial charge in [-0.1, -0.05) is 92.4 Å². The standard InChI is InChI=1S/C10H22O4S.C8H18.4Na.H2O3S2.5H2O.4H/c1-10(2)8-6-4-3-5-7-9-14-15(11,12)13;1-4-5-6-7-8(2)3;;;;;1-5(2,3)4;;;;;;;;;/h10H,3-9H2,1-2H3,(H,11,12,13);8H,4-7H2,1-3H3;;;;;(H2,1,2,3,4);5*1H2;;;;/q;;4*+1;;;;;;;4*-1. The zero-order chi connectivity index (χ0) is 22.6. The van der Waals surface area contributed by atoms with Crippen LogP contribution in [0.3, 0.4) is 0 Å². The van der Waals surface area contributed by atoms with Crippen LogP contribution in [0.2, 0.25) is 0 Å². The van der Waals surface area contributed by atoms with Gasteiger partial charge in [0.05, 0.1) is 6.61 Å². The molecule has 0 aromatic heterocycles. The Labute approximate surface area is 325 Å². The number of hydrogen-bond acceptors (Lipinski definition) is 5. The van der Waals surface area contributed by atoms with E-state index < -0.39 is 19.5 Å². The molecular formula is C18H56Na4O12S3. The van der Waals surface area contributed by atoms with Crippen LogP contribution in [0.5, 0.6) is 0 Å². The number of hydrogen-bond donors (Lipinski definition) is 3. The van der Waals surface area contributed by atoms with Gasteiger partial charge in [-0.05, 0) is 18.3 Å². The topological polar surface area (TPSA) is 279 Å². The molecule has 0 saturated carbocycles. The molecule has 0 fully saturated rings. The molecule has 0 aliphatic rings. The summed E-state index contributed by atoms with van der Waals surface area (Å²) < 4.78 is 56.8. The minimum absolute atomic E-state index is 0. The van der Waals surface area contributed by atoms with Crippen LogP contribution in [0.4, 0.5) is 0 Å². The normalized spacial score (nSPS) is 8.81. The summed E-state index contributed by atoms with van der Waals surface area (Å²) >= 11 is 3.47. The van der Waals surface area contributed by atoms with E-state index in [1.54, 1.807) is 0 Å². The number of rotatable bonds is 13. The first kappa shape index (κ1) is 78.0. The van der Waals surface area contributed by atoms with Crippen LogP contribution < -0.4 is 118 Å². The van der Waals surface area contributed by atoms with Gasteiger partial charge in [0, 0.05) is 11.2 Å². The Morgan fingerprint density at radius 1 is 0.649 bits per heavy atom. The Morgan fingerprint density at radius 2 is 0.919 bits per heavy atom. The molecule has 0 spiro atoms. The third-order valence-electron chi connectivity index (χ3n) is 3.54. The molecule has 12 nitrogen and oxygen atoms in total. The summed E-state index contributed by atoms with van der Waals surface area (Å²) in [4.78, 5) is 0. The quantitative estimate of drug-likeness (QED) is 0.0973. The summed E-state index contributed by atoms with van der Waals surface area (Å²) in [5, 5.41) is 0. The Hall–Kier alpha value is 3.96. The summed E-state index contributed by atoms with van der Waals surface area (Å²) in [5.74, 6) is 1.66. The zero-order valence-corrected chi connectivity index (χ0v) is 35.1. The second kappa shape index (κ2) is 52.6. The van der Waals surface area contributed by atoms with Crippen molar-refractivity contribution in [3.05, 3.63) is 0 Å². The van der Waals surface area contributed by atoms with E-state index in [2.05, 4.69) is 50.0 Å². The fourth-order valence-electron chi connectivity index (χ4n) is 2.15. The molecule has 0 aliphatic carbocycles. The van der Waals surface area contributed by atoms with Gasteiger partial charge in [0.15, 0.2) is 0 Å². The summed E-state index contributed by atoms with van der Waals surface area (Å²) in [7, 11) is -8.07. The molecule has 0 aromatic carbocycles. The summed E-state index contributed by atoms with van der Waals surface area (Å²) in [6, 6.07) is 0. The van der Waals surface area contributed by atoms with Crippen LogP contribution >= 0.6 is 0 Å². The Bertz CT molecular complexity index is 553. The minimum Gasteiger partial charge on any atom is -1.00 e. The first-order chi connectivity index (χ1) is 12.7. The van der Waals surface area contributed by atoms with Crippen LogP contribution in [0.25, 0.3) is 0 Å². The third-order valence-corrected chi connectivity index (χ3v) is 4.01. The molecule has 0 atom stereocenters. The second-order valence-electron chi connectivity index (χ2n) is 7.54. The van der Waals surface area contributed by atoms with Crippen molar-refractivity contribution in [2.24, 2.45) is 11.8 Å². The van der Waals surface area contributed by atoms with Gasteiger partial charge in [-0.25, -0.2) is 4.18 Å². The first-order valence-electron chi connectivity index (χ1n) is 10.0. The van der Waals surface area contributed by atoms with Crippen LogP contribution in [0.1, 0.15) is 105 Å². The summed E-state index contributed by atoms with van der Waals surface area (Å²) in [6.45, 7) is 11.3. The minimum atomic E-state index is -4.23. The average molecular weight is 653 g/mol. The average Bonchev–Trinajstić information content (AvgIpc) is 2.47. The second-order valence-corrected chi connectivity index (χ2v) is 10.8. The maximum atomic E-state index is 10.2. The van der Waals surface area contributed by atoms with Crippen LogP contribution in [-0.2, 0) is 34.8 Å². The van der Waals surface area contributed by atoms with E-state index in [1.165, 1.54) is 44.9 Å². The molecule has 0 rings (SSSR count). The molecule has 222 valence electrons. The number of unbranched alkanes of at least 4 members (excludes halogenated alkanes) is 6. The van der Waals surface area contributed by atoms with Crippen LogP contribution in [0, 0.1) is 11.8 Å². The van der Waals surface area contributed by atoms with Crippen molar-refractivity contribution in [3.8, 4) is 0 Å². The molecular weight excluding hydrogens is 596 g/mol. The molecule has 19 heteroatoms. The predicted molar refractivity (Wildman–Crippen MR) is 142 cm³/mol. The van der Waals surface area contributed by atoms with Gasteiger partial charge in [0.1, 0.15) is 0 Å². The van der Waals surface area contributed by atoms with Crippen molar-refractivity contribution in [1.29, 1.82) is 0 Å². The molecule has 0 aromatic rings. The van der Waals surface area contributed by atoms with E-state index in [0.29, 0.717) is 6.42 Å². The Balaban J connectivity index is -0.0000000154. The van der Waals surface area contributed by atoms with E-state index >= 15 is 0 Å². The van der Waals surface area contributed by atoms with Crippen molar-refractivity contribution in [1.82, 2.24) is 0 Å². The van der Waals surface area contributed by atoms with E-state index in [-0.39, 0.29) is 158 Å². The predicted octanol–water partition coefficient (Wildman–Crippen LogP) is -9.95. The molecule has 0 amide bonds. The molecule has 0 aliphatic heterocycles. The SMILES string of the molecule is CC(C)CCCCCCCOS(=O)(=O)O.CCCCCC(C)C.O.O.O.O.O.O=S(O)(O)=S.[H-].[H-].[H-].[H-].[Na+].[Na+].[Na+].[Na+]. The van der Waals surface area contributed by atoms with Crippen molar-refractivity contribution in [2.75, 3.05) is 6.61 Å². The Kier molecular flexibility index (Phi) is 111. The zero-order valence-electron chi connectivity index (χ0n) is 28.6. The van der Waals surface area contributed by atoms with E-state index in [9.17, 15) is 8.42 Å².